The zero-order chi connectivity index (χ0) is 32.9. The average Bonchev–Trinajstić information content (AvgIpc) is 3.50. The van der Waals surface area contributed by atoms with Crippen LogP contribution in [0.3, 0.4) is 0 Å². The number of nitrogens with one attached hydrogen (secondary N) is 1. The monoisotopic (exact) mass is 624 g/mol. The van der Waals surface area contributed by atoms with Gasteiger partial charge in [-0.05, 0) is 96.7 Å². The molecule has 230 valence electrons. The maximum atomic E-state index is 7.79. The zero-order valence-electron chi connectivity index (χ0n) is 26.9. The molecule has 0 bridgehead atoms. The van der Waals surface area contributed by atoms with Gasteiger partial charge in [-0.1, -0.05) is 140 Å². The molecular formula is C47H32N2. The van der Waals surface area contributed by atoms with Crippen molar-refractivity contribution < 1.29 is 0 Å². The first-order valence-electron chi connectivity index (χ1n) is 16.6. The summed E-state index contributed by atoms with van der Waals surface area (Å²) in [7, 11) is 0. The highest BCUT2D eigenvalue weighted by molar-refractivity contribution is 6.19. The fraction of sp³-hybridized carbons (Fsp3) is 0. The molecule has 0 fully saturated rings. The molecule has 0 atom stereocenters. The van der Waals surface area contributed by atoms with Gasteiger partial charge >= 0.3 is 0 Å². The largest absolute Gasteiger partial charge is 0.309 e. The second kappa shape index (κ2) is 11.6. The van der Waals surface area contributed by atoms with Gasteiger partial charge < -0.3 is 9.98 Å². The van der Waals surface area contributed by atoms with E-state index in [9.17, 15) is 0 Å². The molecule has 8 aromatic carbocycles. The molecule has 0 unspecified atom stereocenters. The number of aromatic nitrogens is 1. The number of para-hydroxylation sites is 1. The number of allylic oxidation sites excluding steroid dienone is 3. The average molecular weight is 625 g/mol. The molecule has 1 aromatic heterocycles. The van der Waals surface area contributed by atoms with Crippen molar-refractivity contribution in [1.29, 1.82) is 5.41 Å². The molecule has 49 heavy (non-hydrogen) atoms. The van der Waals surface area contributed by atoms with E-state index in [0.29, 0.717) is 0 Å². The van der Waals surface area contributed by atoms with Gasteiger partial charge in [0.15, 0.2) is 0 Å². The summed E-state index contributed by atoms with van der Waals surface area (Å²) < 4.78 is 2.44. The summed E-state index contributed by atoms with van der Waals surface area (Å²) in [5.74, 6) is 0. The Balaban J connectivity index is 1.22. The maximum absolute atomic E-state index is 7.79. The molecule has 2 nitrogen and oxygen atoms in total. The van der Waals surface area contributed by atoms with E-state index in [1.54, 1.807) is 6.08 Å². The molecule has 0 saturated heterocycles. The molecule has 0 spiro atoms. The Bertz CT molecular complexity index is 2790. The third-order valence-corrected chi connectivity index (χ3v) is 9.82. The Hall–Kier alpha value is -6.51. The Morgan fingerprint density at radius 1 is 0.510 bits per heavy atom. The molecule has 1 N–H and O–H groups in total. The highest BCUT2D eigenvalue weighted by Gasteiger charge is 2.17. The number of rotatable bonds is 6. The summed E-state index contributed by atoms with van der Waals surface area (Å²) in [6.45, 7) is 3.79. The fourth-order valence-electron chi connectivity index (χ4n) is 7.47. The van der Waals surface area contributed by atoms with Crippen LogP contribution in [0.15, 0.2) is 176 Å². The predicted octanol–water partition coefficient (Wildman–Crippen LogP) is 12.8. The van der Waals surface area contributed by atoms with Crippen molar-refractivity contribution in [2.45, 2.75) is 0 Å². The minimum Gasteiger partial charge on any atom is -0.309 e. The van der Waals surface area contributed by atoms with Crippen LogP contribution in [0.2, 0.25) is 0 Å². The van der Waals surface area contributed by atoms with E-state index in [4.69, 9.17) is 5.41 Å². The number of nitrogens with zero attached hydrogens (tertiary/aromatic N) is 1. The van der Waals surface area contributed by atoms with Gasteiger partial charge in [0.25, 0.3) is 0 Å². The molecule has 9 aromatic rings. The van der Waals surface area contributed by atoms with Gasteiger partial charge in [0.05, 0.1) is 11.0 Å². The van der Waals surface area contributed by atoms with Gasteiger partial charge in [-0.15, -0.1) is 0 Å². The smallest absolute Gasteiger partial charge is 0.0619 e. The van der Waals surface area contributed by atoms with Crippen molar-refractivity contribution >= 4 is 65.9 Å². The van der Waals surface area contributed by atoms with Crippen LogP contribution in [0.5, 0.6) is 0 Å². The van der Waals surface area contributed by atoms with Crippen molar-refractivity contribution in [2.24, 2.45) is 0 Å². The van der Waals surface area contributed by atoms with Crippen LogP contribution in [-0.4, -0.2) is 10.8 Å². The lowest BCUT2D eigenvalue weighted by atomic mass is 9.95. The summed E-state index contributed by atoms with van der Waals surface area (Å²) >= 11 is 0. The van der Waals surface area contributed by atoms with E-state index in [1.807, 2.05) is 6.08 Å². The minimum atomic E-state index is 0.847. The SMILES string of the molecule is C=C/C=C(\C=N)c1ccc2cc(-c3ccc4c(ccc5c6ccc(-c7cccc8ccccc78)cc6n(-c6ccccc6)c45)c3)ccc2c1. The fourth-order valence-corrected chi connectivity index (χ4v) is 7.47. The van der Waals surface area contributed by atoms with E-state index >= 15 is 0 Å². The second-order valence-corrected chi connectivity index (χ2v) is 12.6. The highest BCUT2D eigenvalue weighted by atomic mass is 15.0. The lowest BCUT2D eigenvalue weighted by Crippen LogP contribution is -1.94. The summed E-state index contributed by atoms with van der Waals surface area (Å²) in [5.41, 5.74) is 10.3. The molecule has 0 aliphatic heterocycles. The Labute approximate surface area is 285 Å². The molecule has 0 aliphatic rings. The van der Waals surface area contributed by atoms with Crippen LogP contribution in [0.25, 0.3) is 87.6 Å². The molecule has 0 saturated carbocycles. The van der Waals surface area contributed by atoms with Gasteiger partial charge in [-0.2, -0.15) is 0 Å². The summed E-state index contributed by atoms with van der Waals surface area (Å²) in [6, 6.07) is 57.3. The van der Waals surface area contributed by atoms with Crippen LogP contribution in [-0.2, 0) is 0 Å². The molecule has 2 heteroatoms. The second-order valence-electron chi connectivity index (χ2n) is 12.6. The quantitative estimate of drug-likeness (QED) is 0.141. The lowest BCUT2D eigenvalue weighted by Gasteiger charge is -2.12. The van der Waals surface area contributed by atoms with Crippen LogP contribution < -0.4 is 0 Å². The summed E-state index contributed by atoms with van der Waals surface area (Å²) in [4.78, 5) is 0. The third kappa shape index (κ3) is 4.77. The Morgan fingerprint density at radius 3 is 2.04 bits per heavy atom. The topological polar surface area (TPSA) is 28.8 Å². The highest BCUT2D eigenvalue weighted by Crippen LogP contribution is 2.40. The third-order valence-electron chi connectivity index (χ3n) is 9.82. The van der Waals surface area contributed by atoms with E-state index in [-0.39, 0.29) is 0 Å². The van der Waals surface area contributed by atoms with Gasteiger partial charge in [-0.3, -0.25) is 0 Å². The van der Waals surface area contributed by atoms with Crippen molar-refractivity contribution in [3.05, 3.63) is 182 Å². The first kappa shape index (κ1) is 28.7. The number of hydrogen-bond acceptors (Lipinski definition) is 1. The van der Waals surface area contributed by atoms with Gasteiger partial charge in [0, 0.05) is 28.1 Å². The lowest BCUT2D eigenvalue weighted by molar-refractivity contribution is 1.19. The minimum absolute atomic E-state index is 0.847. The van der Waals surface area contributed by atoms with Crippen LogP contribution in [0.1, 0.15) is 5.56 Å². The van der Waals surface area contributed by atoms with Gasteiger partial charge in [0.2, 0.25) is 0 Å². The van der Waals surface area contributed by atoms with Crippen LogP contribution >= 0.6 is 0 Å². The van der Waals surface area contributed by atoms with Crippen LogP contribution in [0, 0.1) is 5.41 Å². The van der Waals surface area contributed by atoms with E-state index in [2.05, 4.69) is 169 Å². The van der Waals surface area contributed by atoms with E-state index in [0.717, 1.165) is 22.2 Å². The molecule has 0 amide bonds. The van der Waals surface area contributed by atoms with Crippen molar-refractivity contribution in [3.63, 3.8) is 0 Å². The standard InChI is InChI=1S/C47H32N2/c1-2-9-39(30-48)36-19-18-32-26-33(16-17-34(32)27-36)35-20-23-43-37(28-35)22-25-45-44-24-21-38(42-15-8-11-31-10-6-7-14-41(31)42)29-46(44)49(47(43)45)40-12-4-3-5-13-40/h2-30,48H,1H2/b39-9+,48-30?. The molecule has 0 aliphatic carbocycles. The van der Waals surface area contributed by atoms with Crippen LogP contribution in [0.4, 0.5) is 0 Å². The predicted molar refractivity (Wildman–Crippen MR) is 211 cm³/mol. The number of fused-ring (bicyclic) bond motifs is 7. The molecule has 1 heterocycles. The van der Waals surface area contributed by atoms with E-state index < -0.39 is 0 Å². The van der Waals surface area contributed by atoms with Gasteiger partial charge in [0.1, 0.15) is 0 Å². The molecular weight excluding hydrogens is 593 g/mol. The maximum Gasteiger partial charge on any atom is 0.0619 e. The first-order valence-corrected chi connectivity index (χ1v) is 16.6. The Kier molecular flexibility index (Phi) is 6.81. The normalized spacial score (nSPS) is 12.0. The van der Waals surface area contributed by atoms with Gasteiger partial charge in [-0.25, -0.2) is 0 Å². The number of benzene rings is 8. The van der Waals surface area contributed by atoms with E-state index in [1.165, 1.54) is 77.2 Å². The molecule has 9 rings (SSSR count). The molecule has 0 radical (unpaired) electrons. The Morgan fingerprint density at radius 2 is 1.18 bits per heavy atom. The van der Waals surface area contributed by atoms with Crippen molar-refractivity contribution in [3.8, 4) is 27.9 Å². The summed E-state index contributed by atoms with van der Waals surface area (Å²) in [6.07, 6.45) is 4.98. The first-order chi connectivity index (χ1) is 24.2. The summed E-state index contributed by atoms with van der Waals surface area (Å²) in [5, 5.41) is 17.6. The van der Waals surface area contributed by atoms with Crippen molar-refractivity contribution in [2.75, 3.05) is 0 Å². The zero-order valence-corrected chi connectivity index (χ0v) is 26.9. The van der Waals surface area contributed by atoms with Crippen molar-refractivity contribution in [1.82, 2.24) is 4.57 Å². The number of hydrogen-bond donors (Lipinski definition) is 1.